The molecular weight excluding hydrogens is 175 g/mol. The molecule has 0 aliphatic carbocycles. The Kier molecular flexibility index (Phi) is 4.02. The Morgan fingerprint density at radius 2 is 2.09 bits per heavy atom. The van der Waals surface area contributed by atoms with Crippen molar-refractivity contribution in [1.29, 1.82) is 0 Å². The average Bonchev–Trinajstić information content (AvgIpc) is 1.85. The Morgan fingerprint density at radius 1 is 1.55 bits per heavy atom. The summed E-state index contributed by atoms with van der Waals surface area (Å²) in [6, 6.07) is 0. The van der Waals surface area contributed by atoms with E-state index in [0.29, 0.717) is 0 Å². The molecule has 0 unspecified atom stereocenters. The smallest absolute Gasteiger partial charge is 0.305 e. The molecule has 0 rings (SSSR count). The summed E-state index contributed by atoms with van der Waals surface area (Å²) in [5, 5.41) is 0. The standard InChI is InChI=1S/C5H9FO4S/c1-10-5(7)3-2-4-11(6,8)9/h2-4H2,1H3. The minimum Gasteiger partial charge on any atom is -0.469 e. The lowest BCUT2D eigenvalue weighted by Crippen LogP contribution is -2.04. The highest BCUT2D eigenvalue weighted by molar-refractivity contribution is 7.86. The van der Waals surface area contributed by atoms with Crippen molar-refractivity contribution in [2.45, 2.75) is 12.8 Å². The largest absolute Gasteiger partial charge is 0.469 e. The van der Waals surface area contributed by atoms with Gasteiger partial charge in [0.2, 0.25) is 0 Å². The summed E-state index contributed by atoms with van der Waals surface area (Å²) < 4.78 is 35.7. The van der Waals surface area contributed by atoms with E-state index in [1.54, 1.807) is 0 Å². The summed E-state index contributed by atoms with van der Waals surface area (Å²) in [6.45, 7) is 0. The zero-order valence-electron chi connectivity index (χ0n) is 6.04. The Hall–Kier alpha value is -0.650. The molecule has 0 amide bonds. The van der Waals surface area contributed by atoms with Gasteiger partial charge in [0.05, 0.1) is 12.9 Å². The lowest BCUT2D eigenvalue weighted by atomic mass is 10.3. The maximum Gasteiger partial charge on any atom is 0.305 e. The van der Waals surface area contributed by atoms with E-state index in [1.165, 1.54) is 7.11 Å². The Labute approximate surface area is 64.6 Å². The lowest BCUT2D eigenvalue weighted by Gasteiger charge is -1.95. The minimum absolute atomic E-state index is 0.0362. The van der Waals surface area contributed by atoms with E-state index in [9.17, 15) is 17.1 Å². The maximum absolute atomic E-state index is 11.8. The average molecular weight is 184 g/mol. The Balaban J connectivity index is 3.51. The first kappa shape index (κ1) is 10.3. The fourth-order valence-corrected chi connectivity index (χ4v) is 0.980. The van der Waals surface area contributed by atoms with Gasteiger partial charge in [0.25, 0.3) is 0 Å². The first-order valence-corrected chi connectivity index (χ1v) is 4.50. The number of rotatable bonds is 4. The van der Waals surface area contributed by atoms with Crippen LogP contribution in [0.25, 0.3) is 0 Å². The molecule has 11 heavy (non-hydrogen) atoms. The number of hydrogen-bond donors (Lipinski definition) is 0. The molecule has 0 saturated heterocycles. The third-order valence-electron chi connectivity index (χ3n) is 0.997. The molecule has 0 aliphatic heterocycles. The van der Waals surface area contributed by atoms with Crippen LogP contribution in [-0.2, 0) is 19.8 Å². The molecule has 0 aromatic carbocycles. The van der Waals surface area contributed by atoms with Gasteiger partial charge < -0.3 is 4.74 Å². The summed E-state index contributed by atoms with van der Waals surface area (Å²) in [5.74, 6) is -1.16. The molecule has 0 saturated carbocycles. The van der Waals surface area contributed by atoms with Crippen molar-refractivity contribution in [3.05, 3.63) is 0 Å². The van der Waals surface area contributed by atoms with E-state index >= 15 is 0 Å². The van der Waals surface area contributed by atoms with Gasteiger partial charge >= 0.3 is 16.2 Å². The van der Waals surface area contributed by atoms with Crippen molar-refractivity contribution >= 4 is 16.2 Å². The van der Waals surface area contributed by atoms with Gasteiger partial charge in [-0.15, -0.1) is 3.89 Å². The lowest BCUT2D eigenvalue weighted by molar-refractivity contribution is -0.140. The van der Waals surface area contributed by atoms with Gasteiger partial charge in [-0.2, -0.15) is 8.42 Å². The van der Waals surface area contributed by atoms with Crippen LogP contribution in [0.5, 0.6) is 0 Å². The van der Waals surface area contributed by atoms with E-state index in [0.717, 1.165) is 0 Å². The van der Waals surface area contributed by atoms with Gasteiger partial charge in [0.1, 0.15) is 0 Å². The number of hydrogen-bond acceptors (Lipinski definition) is 4. The number of methoxy groups -OCH3 is 1. The first-order chi connectivity index (χ1) is 4.95. The summed E-state index contributed by atoms with van der Waals surface area (Å²) >= 11 is 0. The van der Waals surface area contributed by atoms with Crippen molar-refractivity contribution in [1.82, 2.24) is 0 Å². The summed E-state index contributed by atoms with van der Waals surface area (Å²) in [5.41, 5.74) is 0. The van der Waals surface area contributed by atoms with Crippen LogP contribution < -0.4 is 0 Å². The van der Waals surface area contributed by atoms with Crippen LogP contribution >= 0.6 is 0 Å². The van der Waals surface area contributed by atoms with Crippen molar-refractivity contribution in [2.24, 2.45) is 0 Å². The molecule has 0 atom stereocenters. The molecule has 0 aliphatic rings. The molecule has 0 aromatic rings. The first-order valence-electron chi connectivity index (χ1n) is 2.95. The molecule has 0 heterocycles. The van der Waals surface area contributed by atoms with Crippen LogP contribution in [0.2, 0.25) is 0 Å². The van der Waals surface area contributed by atoms with Crippen molar-refractivity contribution in [2.75, 3.05) is 12.9 Å². The minimum atomic E-state index is -4.44. The fourth-order valence-electron chi connectivity index (χ4n) is 0.491. The number of carbonyl (C=O) groups excluding carboxylic acids is 1. The number of esters is 1. The van der Waals surface area contributed by atoms with Crippen molar-refractivity contribution < 1.29 is 21.8 Å². The van der Waals surface area contributed by atoms with E-state index in [1.807, 2.05) is 0 Å². The van der Waals surface area contributed by atoms with E-state index in [4.69, 9.17) is 0 Å². The molecule has 0 bridgehead atoms. The van der Waals surface area contributed by atoms with E-state index in [2.05, 4.69) is 4.74 Å². The summed E-state index contributed by atoms with van der Waals surface area (Å²) in [6.07, 6.45) is -0.106. The molecular formula is C5H9FO4S. The van der Waals surface area contributed by atoms with Crippen LogP contribution in [0.15, 0.2) is 0 Å². The van der Waals surface area contributed by atoms with Crippen LogP contribution in [0.1, 0.15) is 12.8 Å². The number of halogens is 1. The quantitative estimate of drug-likeness (QED) is 0.464. The summed E-state index contributed by atoms with van der Waals surface area (Å²) in [4.78, 5) is 10.4. The molecule has 0 radical (unpaired) electrons. The molecule has 0 aromatic heterocycles. The van der Waals surface area contributed by atoms with Crippen LogP contribution in [0.4, 0.5) is 3.89 Å². The highest BCUT2D eigenvalue weighted by atomic mass is 32.3. The normalized spacial score (nSPS) is 11.1. The molecule has 6 heteroatoms. The molecule has 0 spiro atoms. The van der Waals surface area contributed by atoms with Crippen LogP contribution in [0, 0.1) is 0 Å². The predicted molar refractivity (Wildman–Crippen MR) is 36.1 cm³/mol. The fraction of sp³-hybridized carbons (Fsp3) is 0.800. The van der Waals surface area contributed by atoms with Gasteiger partial charge in [-0.3, -0.25) is 4.79 Å². The van der Waals surface area contributed by atoms with Gasteiger partial charge in [0, 0.05) is 6.42 Å². The second-order valence-corrected chi connectivity index (χ2v) is 3.41. The predicted octanol–water partition coefficient (Wildman–Crippen LogP) is 0.239. The third kappa shape index (κ3) is 7.24. The van der Waals surface area contributed by atoms with Gasteiger partial charge in [-0.05, 0) is 6.42 Å². The van der Waals surface area contributed by atoms with Crippen molar-refractivity contribution in [3.63, 3.8) is 0 Å². The van der Waals surface area contributed by atoms with Gasteiger partial charge in [0.15, 0.2) is 0 Å². The number of ether oxygens (including phenoxy) is 1. The third-order valence-corrected chi connectivity index (χ3v) is 1.77. The Bertz CT molecular complexity index is 221. The molecule has 0 N–H and O–H groups in total. The molecule has 4 nitrogen and oxygen atoms in total. The zero-order valence-corrected chi connectivity index (χ0v) is 6.86. The highest BCUT2D eigenvalue weighted by Gasteiger charge is 2.08. The second kappa shape index (κ2) is 4.27. The van der Waals surface area contributed by atoms with Crippen LogP contribution in [0.3, 0.4) is 0 Å². The van der Waals surface area contributed by atoms with Crippen LogP contribution in [-0.4, -0.2) is 27.2 Å². The van der Waals surface area contributed by atoms with Gasteiger partial charge in [-0.1, -0.05) is 0 Å². The van der Waals surface area contributed by atoms with E-state index < -0.39 is 21.9 Å². The monoisotopic (exact) mass is 184 g/mol. The zero-order chi connectivity index (χ0) is 8.91. The highest BCUT2D eigenvalue weighted by Crippen LogP contribution is 1.98. The second-order valence-electron chi connectivity index (χ2n) is 1.92. The van der Waals surface area contributed by atoms with Gasteiger partial charge in [-0.25, -0.2) is 0 Å². The maximum atomic E-state index is 11.8. The SMILES string of the molecule is COC(=O)CCCS(=O)(=O)F. The number of carbonyl (C=O) groups is 1. The van der Waals surface area contributed by atoms with E-state index in [-0.39, 0.29) is 12.8 Å². The molecule has 0 fully saturated rings. The topological polar surface area (TPSA) is 60.4 Å². The van der Waals surface area contributed by atoms with Crippen molar-refractivity contribution in [3.8, 4) is 0 Å². The Morgan fingerprint density at radius 3 is 2.45 bits per heavy atom. The summed E-state index contributed by atoms with van der Waals surface area (Å²) in [7, 11) is -3.25. The molecule has 66 valence electrons.